The van der Waals surface area contributed by atoms with Gasteiger partial charge in [-0.1, -0.05) is 70.9 Å². The first-order valence-corrected chi connectivity index (χ1v) is 13.2. The van der Waals surface area contributed by atoms with Crippen LogP contribution in [0.25, 0.3) is 10.9 Å². The first-order valence-electron chi connectivity index (χ1n) is 12.4. The van der Waals surface area contributed by atoms with Crippen molar-refractivity contribution in [3.05, 3.63) is 106 Å². The van der Waals surface area contributed by atoms with Crippen LogP contribution in [0.4, 0.5) is 0 Å². The van der Waals surface area contributed by atoms with Crippen molar-refractivity contribution in [3.63, 3.8) is 0 Å². The molecule has 0 spiro atoms. The Morgan fingerprint density at radius 2 is 1.61 bits per heavy atom. The van der Waals surface area contributed by atoms with E-state index in [-0.39, 0.29) is 18.4 Å². The summed E-state index contributed by atoms with van der Waals surface area (Å²) in [5.74, 6) is -0.168. The molecule has 4 aromatic rings. The monoisotopic (exact) mass is 545 g/mol. The Bertz CT molecular complexity index is 1310. The van der Waals surface area contributed by atoms with Gasteiger partial charge >= 0.3 is 0 Å². The molecule has 0 fully saturated rings. The molecular formula is C30H32BrN3O2. The van der Waals surface area contributed by atoms with E-state index in [9.17, 15) is 9.59 Å². The summed E-state index contributed by atoms with van der Waals surface area (Å²) in [7, 11) is 0. The lowest BCUT2D eigenvalue weighted by Crippen LogP contribution is -2.43. The number of aromatic nitrogens is 1. The van der Waals surface area contributed by atoms with Gasteiger partial charge in [0.25, 0.3) is 5.91 Å². The molecule has 4 rings (SSSR count). The van der Waals surface area contributed by atoms with Gasteiger partial charge in [-0.2, -0.15) is 0 Å². The number of para-hydroxylation sites is 1. The molecular weight excluding hydrogens is 514 g/mol. The average Bonchev–Trinajstić information content (AvgIpc) is 3.30. The second kappa shape index (κ2) is 12.0. The van der Waals surface area contributed by atoms with E-state index in [1.54, 1.807) is 17.0 Å². The van der Waals surface area contributed by atoms with E-state index in [1.165, 1.54) is 16.5 Å². The molecule has 0 atom stereocenters. The summed E-state index contributed by atoms with van der Waals surface area (Å²) in [6.45, 7) is 5.74. The summed E-state index contributed by atoms with van der Waals surface area (Å²) in [4.78, 5) is 33.7. The third-order valence-corrected chi connectivity index (χ3v) is 6.90. The van der Waals surface area contributed by atoms with Crippen LogP contribution in [0.3, 0.4) is 0 Å². The summed E-state index contributed by atoms with van der Waals surface area (Å²) in [5, 5.41) is 1.18. The number of H-pyrrole nitrogens is 1. The third kappa shape index (κ3) is 6.43. The normalized spacial score (nSPS) is 11.0. The topological polar surface area (TPSA) is 56.4 Å². The predicted octanol–water partition coefficient (Wildman–Crippen LogP) is 6.36. The first-order chi connectivity index (χ1) is 17.4. The molecule has 0 saturated carbocycles. The molecule has 0 aliphatic rings. The summed E-state index contributed by atoms with van der Waals surface area (Å²) >= 11 is 3.42. The zero-order valence-electron chi connectivity index (χ0n) is 20.8. The SMILES string of the molecule is CCCN(CC(=O)N(CCc1c[nH]c2ccccc12)Cc1ccc(C)cc1)C(=O)c1ccc(Br)cc1. The molecule has 0 unspecified atom stereocenters. The number of fused-ring (bicyclic) bond motifs is 1. The predicted molar refractivity (Wildman–Crippen MR) is 149 cm³/mol. The highest BCUT2D eigenvalue weighted by Gasteiger charge is 2.22. The highest BCUT2D eigenvalue weighted by atomic mass is 79.9. The number of hydrogen-bond acceptors (Lipinski definition) is 2. The van der Waals surface area contributed by atoms with Crippen LogP contribution in [0, 0.1) is 6.92 Å². The zero-order valence-corrected chi connectivity index (χ0v) is 22.4. The van der Waals surface area contributed by atoms with Gasteiger partial charge in [0.2, 0.25) is 5.91 Å². The maximum Gasteiger partial charge on any atom is 0.254 e. The number of nitrogens with zero attached hydrogens (tertiary/aromatic N) is 2. The Morgan fingerprint density at radius 3 is 2.33 bits per heavy atom. The molecule has 0 aliphatic carbocycles. The number of aromatic amines is 1. The van der Waals surface area contributed by atoms with Crippen LogP contribution in [0.5, 0.6) is 0 Å². The van der Waals surface area contributed by atoms with Gasteiger partial charge in [-0.15, -0.1) is 0 Å². The molecule has 6 heteroatoms. The molecule has 3 aromatic carbocycles. The standard InChI is InChI=1S/C30H32BrN3O2/c1-3-17-34(30(36)24-12-14-26(31)15-13-24)21-29(35)33(20-23-10-8-22(2)9-11-23)18-16-25-19-32-28-7-5-4-6-27(25)28/h4-15,19,32H,3,16-18,20-21H2,1-2H3. The van der Waals surface area contributed by atoms with Gasteiger partial charge in [0, 0.05) is 46.8 Å². The largest absolute Gasteiger partial charge is 0.361 e. The molecule has 5 nitrogen and oxygen atoms in total. The number of benzene rings is 3. The first kappa shape index (κ1) is 25.7. The smallest absolute Gasteiger partial charge is 0.254 e. The van der Waals surface area contributed by atoms with Crippen LogP contribution in [0.2, 0.25) is 0 Å². The van der Waals surface area contributed by atoms with Crippen LogP contribution >= 0.6 is 15.9 Å². The minimum Gasteiger partial charge on any atom is -0.361 e. The molecule has 0 aliphatic heterocycles. The lowest BCUT2D eigenvalue weighted by atomic mass is 10.1. The van der Waals surface area contributed by atoms with E-state index in [0.717, 1.165) is 28.4 Å². The van der Waals surface area contributed by atoms with E-state index < -0.39 is 0 Å². The fourth-order valence-corrected chi connectivity index (χ4v) is 4.62. The van der Waals surface area contributed by atoms with Gasteiger partial charge in [-0.25, -0.2) is 0 Å². The molecule has 2 amide bonds. The Morgan fingerprint density at radius 1 is 0.889 bits per heavy atom. The van der Waals surface area contributed by atoms with Crippen molar-refractivity contribution >= 4 is 38.6 Å². The van der Waals surface area contributed by atoms with E-state index in [0.29, 0.717) is 25.2 Å². The Kier molecular flexibility index (Phi) is 8.60. The number of aryl methyl sites for hydroxylation is 1. The highest BCUT2D eigenvalue weighted by molar-refractivity contribution is 9.10. The van der Waals surface area contributed by atoms with Gasteiger partial charge in [-0.3, -0.25) is 9.59 Å². The maximum atomic E-state index is 13.6. The number of nitrogens with one attached hydrogen (secondary N) is 1. The van der Waals surface area contributed by atoms with Crippen LogP contribution in [-0.2, 0) is 17.8 Å². The quantitative estimate of drug-likeness (QED) is 0.252. The summed E-state index contributed by atoms with van der Waals surface area (Å²) in [6, 6.07) is 23.8. The van der Waals surface area contributed by atoms with Gasteiger partial charge in [0.05, 0.1) is 0 Å². The number of hydrogen-bond donors (Lipinski definition) is 1. The number of halogens is 1. The second-order valence-electron chi connectivity index (χ2n) is 9.14. The van der Waals surface area contributed by atoms with Gasteiger partial charge in [-0.05, 0) is 61.2 Å². The van der Waals surface area contributed by atoms with E-state index >= 15 is 0 Å². The molecule has 1 heterocycles. The van der Waals surface area contributed by atoms with E-state index in [4.69, 9.17) is 0 Å². The lowest BCUT2D eigenvalue weighted by Gasteiger charge is -2.28. The van der Waals surface area contributed by atoms with Crippen molar-refractivity contribution in [2.24, 2.45) is 0 Å². The Labute approximate surface area is 221 Å². The van der Waals surface area contributed by atoms with Crippen LogP contribution < -0.4 is 0 Å². The zero-order chi connectivity index (χ0) is 25.5. The van der Waals surface area contributed by atoms with Crippen LogP contribution in [-0.4, -0.2) is 46.2 Å². The van der Waals surface area contributed by atoms with E-state index in [1.807, 2.05) is 42.3 Å². The lowest BCUT2D eigenvalue weighted by molar-refractivity contribution is -0.132. The number of rotatable bonds is 10. The summed E-state index contributed by atoms with van der Waals surface area (Å²) < 4.78 is 0.915. The van der Waals surface area contributed by atoms with Gasteiger partial charge < -0.3 is 14.8 Å². The summed E-state index contributed by atoms with van der Waals surface area (Å²) in [6.07, 6.45) is 3.54. The number of carbonyl (C=O) groups excluding carboxylic acids is 2. The minimum atomic E-state index is -0.121. The van der Waals surface area contributed by atoms with Crippen LogP contribution in [0.15, 0.2) is 83.5 Å². The number of amides is 2. The molecule has 0 radical (unpaired) electrons. The molecule has 1 aromatic heterocycles. The third-order valence-electron chi connectivity index (χ3n) is 6.37. The Balaban J connectivity index is 1.53. The molecule has 186 valence electrons. The summed E-state index contributed by atoms with van der Waals surface area (Å²) in [5.41, 5.74) is 5.13. The number of carbonyl (C=O) groups is 2. The van der Waals surface area contributed by atoms with Crippen molar-refractivity contribution in [1.82, 2.24) is 14.8 Å². The fraction of sp³-hybridized carbons (Fsp3) is 0.267. The van der Waals surface area contributed by atoms with Crippen molar-refractivity contribution < 1.29 is 9.59 Å². The van der Waals surface area contributed by atoms with Crippen molar-refractivity contribution in [2.45, 2.75) is 33.2 Å². The minimum absolute atomic E-state index is 0.0469. The van der Waals surface area contributed by atoms with E-state index in [2.05, 4.69) is 64.2 Å². The molecule has 0 saturated heterocycles. The molecule has 36 heavy (non-hydrogen) atoms. The average molecular weight is 547 g/mol. The van der Waals surface area contributed by atoms with Crippen LogP contribution in [0.1, 0.15) is 40.4 Å². The van der Waals surface area contributed by atoms with Gasteiger partial charge in [0.15, 0.2) is 0 Å². The Hall–Kier alpha value is -3.38. The molecule has 0 bridgehead atoms. The van der Waals surface area contributed by atoms with Crippen molar-refractivity contribution in [1.29, 1.82) is 0 Å². The highest BCUT2D eigenvalue weighted by Crippen LogP contribution is 2.19. The van der Waals surface area contributed by atoms with Gasteiger partial charge in [0.1, 0.15) is 6.54 Å². The van der Waals surface area contributed by atoms with Crippen molar-refractivity contribution in [2.75, 3.05) is 19.6 Å². The maximum absolute atomic E-state index is 13.6. The molecule has 1 N–H and O–H groups in total. The van der Waals surface area contributed by atoms with Crippen molar-refractivity contribution in [3.8, 4) is 0 Å². The second-order valence-corrected chi connectivity index (χ2v) is 10.1. The fourth-order valence-electron chi connectivity index (χ4n) is 4.36.